The molecule has 32 heavy (non-hydrogen) atoms. The second-order valence-electron chi connectivity index (χ2n) is 7.54. The molecule has 0 radical (unpaired) electrons. The average molecular weight is 433 g/mol. The van der Waals surface area contributed by atoms with Crippen LogP contribution in [0.25, 0.3) is 0 Å². The standard InChI is InChI=1S/C23H23N5O4/c24-13-26-14-25-10-15-4-6-16(7-5-15)12-32-20-3-1-2-17-18(20)11-28(23(17)31)19-8-9-21(29)27-22(19)30/h1-7,13-14,19H,8-12H2,(H2,24,25,26)(H,27,29,30). The molecule has 9 heteroatoms. The number of nitrogens with one attached hydrogen (secondary N) is 1. The number of ether oxygens (including phenoxy) is 1. The smallest absolute Gasteiger partial charge is 0.255 e. The number of benzene rings is 2. The number of nitrogens with zero attached hydrogens (tertiary/aromatic N) is 3. The zero-order valence-electron chi connectivity index (χ0n) is 17.4. The minimum Gasteiger partial charge on any atom is -0.489 e. The van der Waals surface area contributed by atoms with Crippen LogP contribution < -0.4 is 15.8 Å². The van der Waals surface area contributed by atoms with Crippen molar-refractivity contribution in [2.45, 2.75) is 38.6 Å². The van der Waals surface area contributed by atoms with Gasteiger partial charge in [0, 0.05) is 17.5 Å². The largest absolute Gasteiger partial charge is 0.489 e. The van der Waals surface area contributed by atoms with E-state index in [4.69, 9.17) is 10.5 Å². The summed E-state index contributed by atoms with van der Waals surface area (Å²) >= 11 is 0. The predicted molar refractivity (Wildman–Crippen MR) is 118 cm³/mol. The van der Waals surface area contributed by atoms with Crippen molar-refractivity contribution < 1.29 is 19.1 Å². The van der Waals surface area contributed by atoms with Gasteiger partial charge in [0.05, 0.1) is 19.4 Å². The molecule has 1 unspecified atom stereocenters. The van der Waals surface area contributed by atoms with Crippen LogP contribution >= 0.6 is 0 Å². The van der Waals surface area contributed by atoms with Crippen molar-refractivity contribution in [2.75, 3.05) is 0 Å². The van der Waals surface area contributed by atoms with Gasteiger partial charge in [-0.2, -0.15) is 0 Å². The highest BCUT2D eigenvalue weighted by Gasteiger charge is 2.40. The number of hydrogen-bond acceptors (Lipinski definition) is 5. The van der Waals surface area contributed by atoms with Crippen molar-refractivity contribution in [3.63, 3.8) is 0 Å². The van der Waals surface area contributed by atoms with Crippen molar-refractivity contribution in [3.05, 3.63) is 64.7 Å². The summed E-state index contributed by atoms with van der Waals surface area (Å²) in [6, 6.07) is 12.5. The monoisotopic (exact) mass is 433 g/mol. The lowest BCUT2D eigenvalue weighted by molar-refractivity contribution is -0.136. The molecular weight excluding hydrogens is 410 g/mol. The fourth-order valence-electron chi connectivity index (χ4n) is 3.83. The molecule has 0 bridgehead atoms. The second kappa shape index (κ2) is 9.42. The van der Waals surface area contributed by atoms with Crippen LogP contribution in [0, 0.1) is 0 Å². The highest BCUT2D eigenvalue weighted by atomic mass is 16.5. The second-order valence-corrected chi connectivity index (χ2v) is 7.54. The van der Waals surface area contributed by atoms with Crippen LogP contribution in [-0.4, -0.2) is 41.3 Å². The molecule has 0 aromatic heterocycles. The van der Waals surface area contributed by atoms with Crippen LogP contribution in [0.3, 0.4) is 0 Å². The number of rotatable bonds is 7. The zero-order valence-corrected chi connectivity index (χ0v) is 17.4. The summed E-state index contributed by atoms with van der Waals surface area (Å²) in [5.74, 6) is -0.340. The van der Waals surface area contributed by atoms with Gasteiger partial charge in [0.25, 0.3) is 5.91 Å². The van der Waals surface area contributed by atoms with Crippen molar-refractivity contribution in [3.8, 4) is 5.75 Å². The fraction of sp³-hybridized carbons (Fsp3) is 0.261. The van der Waals surface area contributed by atoms with E-state index in [2.05, 4.69) is 15.3 Å². The Morgan fingerprint density at radius 2 is 1.91 bits per heavy atom. The molecule has 1 saturated heterocycles. The summed E-state index contributed by atoms with van der Waals surface area (Å²) in [7, 11) is 0. The quantitative estimate of drug-likeness (QED) is 0.389. The summed E-state index contributed by atoms with van der Waals surface area (Å²) in [6.45, 7) is 1.12. The Balaban J connectivity index is 1.42. The van der Waals surface area contributed by atoms with Gasteiger partial charge in [-0.3, -0.25) is 24.7 Å². The minimum atomic E-state index is -0.647. The number of fused-ring (bicyclic) bond motifs is 1. The van der Waals surface area contributed by atoms with Crippen LogP contribution in [-0.2, 0) is 29.3 Å². The van der Waals surface area contributed by atoms with E-state index in [1.165, 1.54) is 17.6 Å². The van der Waals surface area contributed by atoms with E-state index in [1.54, 1.807) is 12.1 Å². The van der Waals surface area contributed by atoms with Crippen LogP contribution in [0.15, 0.2) is 52.4 Å². The molecule has 164 valence electrons. The number of aliphatic imine (C=N–C) groups is 2. The Morgan fingerprint density at radius 1 is 1.12 bits per heavy atom. The summed E-state index contributed by atoms with van der Waals surface area (Å²) in [4.78, 5) is 45.9. The van der Waals surface area contributed by atoms with Gasteiger partial charge < -0.3 is 15.4 Å². The molecule has 2 aromatic carbocycles. The topological polar surface area (TPSA) is 126 Å². The summed E-state index contributed by atoms with van der Waals surface area (Å²) < 4.78 is 6.02. The van der Waals surface area contributed by atoms with E-state index in [0.717, 1.165) is 16.7 Å². The van der Waals surface area contributed by atoms with Gasteiger partial charge in [0.1, 0.15) is 24.7 Å². The van der Waals surface area contributed by atoms with E-state index in [-0.39, 0.29) is 24.8 Å². The first kappa shape index (κ1) is 21.2. The van der Waals surface area contributed by atoms with Gasteiger partial charge in [-0.05, 0) is 29.7 Å². The maximum absolute atomic E-state index is 12.9. The van der Waals surface area contributed by atoms with E-state index < -0.39 is 11.9 Å². The summed E-state index contributed by atoms with van der Waals surface area (Å²) in [5.41, 5.74) is 8.45. The lowest BCUT2D eigenvalue weighted by Crippen LogP contribution is -2.52. The Hall–Kier alpha value is -4.01. The molecule has 1 atom stereocenters. The average Bonchev–Trinajstić information content (AvgIpc) is 3.13. The molecule has 2 aliphatic rings. The number of hydrogen-bond donors (Lipinski definition) is 2. The molecule has 3 N–H and O–H groups in total. The van der Waals surface area contributed by atoms with E-state index in [1.807, 2.05) is 30.3 Å². The molecule has 4 rings (SSSR count). The van der Waals surface area contributed by atoms with Gasteiger partial charge in [-0.15, -0.1) is 0 Å². The third kappa shape index (κ3) is 4.51. The first-order valence-electron chi connectivity index (χ1n) is 10.3. The lowest BCUT2D eigenvalue weighted by Gasteiger charge is -2.29. The summed E-state index contributed by atoms with van der Waals surface area (Å²) in [6.07, 6.45) is 3.14. The fourth-order valence-corrected chi connectivity index (χ4v) is 3.83. The van der Waals surface area contributed by atoms with Gasteiger partial charge in [-0.1, -0.05) is 30.3 Å². The van der Waals surface area contributed by atoms with E-state index in [9.17, 15) is 14.4 Å². The highest BCUT2D eigenvalue weighted by molar-refractivity contribution is 6.05. The third-order valence-electron chi connectivity index (χ3n) is 5.46. The van der Waals surface area contributed by atoms with Gasteiger partial charge in [0.15, 0.2) is 0 Å². The van der Waals surface area contributed by atoms with Crippen LogP contribution in [0.5, 0.6) is 5.75 Å². The lowest BCUT2D eigenvalue weighted by atomic mass is 10.0. The number of carbonyl (C=O) groups excluding carboxylic acids is 3. The number of imide groups is 1. The predicted octanol–water partition coefficient (Wildman–Crippen LogP) is 1.54. The van der Waals surface area contributed by atoms with Crippen molar-refractivity contribution in [2.24, 2.45) is 15.7 Å². The van der Waals surface area contributed by atoms with E-state index in [0.29, 0.717) is 30.9 Å². The molecule has 3 amide bonds. The molecular formula is C23H23N5O4. The molecule has 9 nitrogen and oxygen atoms in total. The van der Waals surface area contributed by atoms with Gasteiger partial charge >= 0.3 is 0 Å². The van der Waals surface area contributed by atoms with Crippen molar-refractivity contribution >= 4 is 30.4 Å². The summed E-state index contributed by atoms with van der Waals surface area (Å²) in [5, 5.41) is 2.31. The Kier molecular flexibility index (Phi) is 6.25. The SMILES string of the molecule is NC=NC=NCc1ccc(COc2cccc3c2CN(C2CCC(=O)NC2=O)C3=O)cc1. The molecule has 2 heterocycles. The first-order chi connectivity index (χ1) is 15.6. The van der Waals surface area contributed by atoms with Crippen LogP contribution in [0.4, 0.5) is 0 Å². The maximum Gasteiger partial charge on any atom is 0.255 e. The molecule has 2 aliphatic heterocycles. The molecule has 2 aromatic rings. The van der Waals surface area contributed by atoms with Crippen LogP contribution in [0.1, 0.15) is 39.9 Å². The normalized spacial score (nSPS) is 18.4. The molecule has 0 saturated carbocycles. The molecule has 0 aliphatic carbocycles. The maximum atomic E-state index is 12.9. The number of amides is 3. The molecule has 0 spiro atoms. The molecule has 1 fully saturated rings. The number of piperidine rings is 1. The van der Waals surface area contributed by atoms with E-state index >= 15 is 0 Å². The highest BCUT2D eigenvalue weighted by Crippen LogP contribution is 2.33. The number of nitrogens with two attached hydrogens (primary N) is 1. The van der Waals surface area contributed by atoms with Crippen molar-refractivity contribution in [1.82, 2.24) is 10.2 Å². The Bertz CT molecular complexity index is 1090. The van der Waals surface area contributed by atoms with Crippen LogP contribution in [0.2, 0.25) is 0 Å². The third-order valence-corrected chi connectivity index (χ3v) is 5.46. The Labute approximate surface area is 185 Å². The minimum absolute atomic E-state index is 0.219. The van der Waals surface area contributed by atoms with Gasteiger partial charge in [0.2, 0.25) is 11.8 Å². The zero-order chi connectivity index (χ0) is 22.5. The first-order valence-corrected chi connectivity index (χ1v) is 10.3. The van der Waals surface area contributed by atoms with Gasteiger partial charge in [-0.25, -0.2) is 4.99 Å². The number of carbonyl (C=O) groups is 3. The Morgan fingerprint density at radius 3 is 2.66 bits per heavy atom. The van der Waals surface area contributed by atoms with Crippen molar-refractivity contribution in [1.29, 1.82) is 0 Å².